The van der Waals surface area contributed by atoms with Crippen molar-refractivity contribution >= 4 is 11.6 Å². The molecule has 0 unspecified atom stereocenters. The summed E-state index contributed by atoms with van der Waals surface area (Å²) in [5.41, 5.74) is 0.557. The van der Waals surface area contributed by atoms with Gasteiger partial charge in [-0.1, -0.05) is 13.0 Å². The topological polar surface area (TPSA) is 56.1 Å². The lowest BCUT2D eigenvalue weighted by Gasteiger charge is -2.27. The number of hydrogen-bond donors (Lipinski definition) is 1. The van der Waals surface area contributed by atoms with Gasteiger partial charge >= 0.3 is 0 Å². The summed E-state index contributed by atoms with van der Waals surface area (Å²) in [5, 5.41) is 11.7. The third-order valence-corrected chi connectivity index (χ3v) is 3.14. The van der Waals surface area contributed by atoms with E-state index in [-0.39, 0.29) is 24.1 Å². The standard InChI is InChI=1S/C16H22FN3O/c1-4-10-19-15-13(7-5-8-14(15)17)16(21)20(12(2)3)11-6-9-18/h5,7-8,12,19H,4,6,10-11H2,1-3H3. The maximum atomic E-state index is 14.0. The molecule has 0 saturated carbocycles. The normalized spacial score (nSPS) is 10.3. The highest BCUT2D eigenvalue weighted by Crippen LogP contribution is 2.22. The van der Waals surface area contributed by atoms with Crippen LogP contribution in [0.25, 0.3) is 0 Å². The van der Waals surface area contributed by atoms with Crippen molar-refractivity contribution in [2.24, 2.45) is 0 Å². The first-order valence-corrected chi connectivity index (χ1v) is 7.23. The molecule has 0 bridgehead atoms. The van der Waals surface area contributed by atoms with Crippen molar-refractivity contribution in [1.82, 2.24) is 4.90 Å². The van der Waals surface area contributed by atoms with Crippen LogP contribution in [-0.2, 0) is 0 Å². The Morgan fingerprint density at radius 2 is 2.19 bits per heavy atom. The number of anilines is 1. The van der Waals surface area contributed by atoms with Gasteiger partial charge in [-0.2, -0.15) is 5.26 Å². The Kier molecular flexibility index (Phi) is 6.67. The molecule has 0 fully saturated rings. The van der Waals surface area contributed by atoms with E-state index < -0.39 is 5.82 Å². The summed E-state index contributed by atoms with van der Waals surface area (Å²) in [5.74, 6) is -0.684. The van der Waals surface area contributed by atoms with Crippen LogP contribution in [0.4, 0.5) is 10.1 Å². The van der Waals surface area contributed by atoms with Gasteiger partial charge in [0.05, 0.1) is 23.7 Å². The number of rotatable bonds is 7. The molecule has 4 nitrogen and oxygen atoms in total. The van der Waals surface area contributed by atoms with E-state index in [0.717, 1.165) is 6.42 Å². The number of carbonyl (C=O) groups excluding carboxylic acids is 1. The summed E-state index contributed by atoms with van der Waals surface area (Å²) < 4.78 is 14.0. The van der Waals surface area contributed by atoms with E-state index in [1.807, 2.05) is 26.8 Å². The molecule has 0 aromatic heterocycles. The van der Waals surface area contributed by atoms with Crippen molar-refractivity contribution in [3.63, 3.8) is 0 Å². The minimum absolute atomic E-state index is 0.0480. The lowest BCUT2D eigenvalue weighted by molar-refractivity contribution is 0.0711. The molecule has 21 heavy (non-hydrogen) atoms. The second-order valence-electron chi connectivity index (χ2n) is 5.09. The van der Waals surface area contributed by atoms with Crippen molar-refractivity contribution in [2.75, 3.05) is 18.4 Å². The lowest BCUT2D eigenvalue weighted by Crippen LogP contribution is -2.38. The zero-order valence-electron chi connectivity index (χ0n) is 12.8. The number of nitrogens with zero attached hydrogens (tertiary/aromatic N) is 2. The monoisotopic (exact) mass is 291 g/mol. The molecular formula is C16H22FN3O. The van der Waals surface area contributed by atoms with Crippen molar-refractivity contribution in [1.29, 1.82) is 5.26 Å². The Balaban J connectivity index is 3.09. The number of para-hydroxylation sites is 1. The van der Waals surface area contributed by atoms with E-state index >= 15 is 0 Å². The Bertz CT molecular complexity index is 523. The Labute approximate surface area is 125 Å². The summed E-state index contributed by atoms with van der Waals surface area (Å²) in [4.78, 5) is 14.2. The summed E-state index contributed by atoms with van der Waals surface area (Å²) in [6.45, 7) is 6.68. The molecule has 0 atom stereocenters. The van der Waals surface area contributed by atoms with Crippen LogP contribution in [0.1, 0.15) is 44.0 Å². The highest BCUT2D eigenvalue weighted by molar-refractivity contribution is 5.99. The molecule has 1 N–H and O–H groups in total. The summed E-state index contributed by atoms with van der Waals surface area (Å²) in [6, 6.07) is 6.47. The third-order valence-electron chi connectivity index (χ3n) is 3.14. The summed E-state index contributed by atoms with van der Waals surface area (Å²) in [7, 11) is 0. The smallest absolute Gasteiger partial charge is 0.256 e. The molecule has 0 aliphatic rings. The molecule has 0 aliphatic carbocycles. The van der Waals surface area contributed by atoms with E-state index in [1.165, 1.54) is 12.1 Å². The van der Waals surface area contributed by atoms with Gasteiger partial charge in [0.25, 0.3) is 5.91 Å². The fourth-order valence-electron chi connectivity index (χ4n) is 2.05. The summed E-state index contributed by atoms with van der Waals surface area (Å²) >= 11 is 0. The van der Waals surface area contributed by atoms with Crippen molar-refractivity contribution in [2.45, 2.75) is 39.7 Å². The molecule has 0 saturated heterocycles. The molecule has 1 aromatic rings. The van der Waals surface area contributed by atoms with Gasteiger partial charge in [0, 0.05) is 19.1 Å². The maximum Gasteiger partial charge on any atom is 0.256 e. The number of nitriles is 1. The van der Waals surface area contributed by atoms with Gasteiger partial charge in [-0.25, -0.2) is 4.39 Å². The number of halogens is 1. The minimum Gasteiger partial charge on any atom is -0.382 e. The molecule has 0 aliphatic heterocycles. The second-order valence-corrected chi connectivity index (χ2v) is 5.09. The highest BCUT2D eigenvalue weighted by Gasteiger charge is 2.22. The van der Waals surface area contributed by atoms with E-state index in [2.05, 4.69) is 5.32 Å². The first-order chi connectivity index (χ1) is 10.0. The summed E-state index contributed by atoms with van der Waals surface area (Å²) in [6.07, 6.45) is 1.10. The molecule has 5 heteroatoms. The number of benzene rings is 1. The maximum absolute atomic E-state index is 14.0. The van der Waals surface area contributed by atoms with Crippen LogP contribution in [0.5, 0.6) is 0 Å². The number of carbonyl (C=O) groups is 1. The van der Waals surface area contributed by atoms with Gasteiger partial charge in [-0.3, -0.25) is 4.79 Å². The van der Waals surface area contributed by atoms with Crippen LogP contribution in [0.15, 0.2) is 18.2 Å². The fraction of sp³-hybridized carbons (Fsp3) is 0.500. The molecule has 1 aromatic carbocycles. The van der Waals surface area contributed by atoms with Gasteiger partial charge < -0.3 is 10.2 Å². The van der Waals surface area contributed by atoms with Crippen LogP contribution < -0.4 is 5.32 Å². The van der Waals surface area contributed by atoms with Gasteiger partial charge in [-0.05, 0) is 32.4 Å². The molecular weight excluding hydrogens is 269 g/mol. The van der Waals surface area contributed by atoms with Crippen LogP contribution >= 0.6 is 0 Å². The van der Waals surface area contributed by atoms with Crippen LogP contribution in [-0.4, -0.2) is 29.9 Å². The second kappa shape index (κ2) is 8.25. The molecule has 0 radical (unpaired) electrons. The van der Waals surface area contributed by atoms with E-state index in [9.17, 15) is 9.18 Å². The Hall–Kier alpha value is -2.09. The van der Waals surface area contributed by atoms with Crippen molar-refractivity contribution in [3.8, 4) is 6.07 Å². The average molecular weight is 291 g/mol. The molecule has 1 amide bonds. The molecule has 114 valence electrons. The largest absolute Gasteiger partial charge is 0.382 e. The molecule has 0 heterocycles. The van der Waals surface area contributed by atoms with Gasteiger partial charge in [0.2, 0.25) is 0 Å². The number of nitrogens with one attached hydrogen (secondary N) is 1. The minimum atomic E-state index is -0.432. The number of hydrogen-bond acceptors (Lipinski definition) is 3. The zero-order chi connectivity index (χ0) is 15.8. The van der Waals surface area contributed by atoms with Crippen molar-refractivity contribution in [3.05, 3.63) is 29.6 Å². The van der Waals surface area contributed by atoms with Crippen LogP contribution in [0.2, 0.25) is 0 Å². The van der Waals surface area contributed by atoms with E-state index in [1.54, 1.807) is 11.0 Å². The Morgan fingerprint density at radius 3 is 2.76 bits per heavy atom. The predicted molar refractivity (Wildman–Crippen MR) is 81.6 cm³/mol. The van der Waals surface area contributed by atoms with Crippen molar-refractivity contribution < 1.29 is 9.18 Å². The first-order valence-electron chi connectivity index (χ1n) is 7.23. The van der Waals surface area contributed by atoms with Crippen LogP contribution in [0, 0.1) is 17.1 Å². The fourth-order valence-corrected chi connectivity index (χ4v) is 2.05. The Morgan fingerprint density at radius 1 is 1.48 bits per heavy atom. The predicted octanol–water partition coefficient (Wildman–Crippen LogP) is 3.41. The molecule has 1 rings (SSSR count). The van der Waals surface area contributed by atoms with Gasteiger partial charge in [0.1, 0.15) is 5.82 Å². The van der Waals surface area contributed by atoms with E-state index in [4.69, 9.17) is 5.26 Å². The lowest BCUT2D eigenvalue weighted by atomic mass is 10.1. The number of amides is 1. The first kappa shape index (κ1) is 17.0. The third kappa shape index (κ3) is 4.45. The van der Waals surface area contributed by atoms with Gasteiger partial charge in [0.15, 0.2) is 0 Å². The van der Waals surface area contributed by atoms with Gasteiger partial charge in [-0.15, -0.1) is 0 Å². The SMILES string of the molecule is CCCNc1c(F)cccc1C(=O)N(CCC#N)C(C)C. The van der Waals surface area contributed by atoms with Crippen LogP contribution in [0.3, 0.4) is 0 Å². The average Bonchev–Trinajstić information content (AvgIpc) is 2.45. The zero-order valence-corrected chi connectivity index (χ0v) is 12.8. The molecule has 0 spiro atoms. The highest BCUT2D eigenvalue weighted by atomic mass is 19.1. The van der Waals surface area contributed by atoms with E-state index in [0.29, 0.717) is 18.7 Å². The quantitative estimate of drug-likeness (QED) is 0.837.